The van der Waals surface area contributed by atoms with Gasteiger partial charge >= 0.3 is 17.8 Å². The molecule has 0 unspecified atom stereocenters. The Bertz CT molecular complexity index is 788. The minimum atomic E-state index is -0.845. The fraction of sp³-hybridized carbons (Fsp3) is 0.211. The minimum Gasteiger partial charge on any atom is -0.462 e. The van der Waals surface area contributed by atoms with Crippen molar-refractivity contribution >= 4 is 23.5 Å². The summed E-state index contributed by atoms with van der Waals surface area (Å²) in [6, 6.07) is 11.2. The summed E-state index contributed by atoms with van der Waals surface area (Å²) in [6.45, 7) is 3.66. The SMILES string of the molecule is CCOC(=O)c1ccc(NC(=O)C(=O)N[C@@H](C)c2ccc(F)cc2)cc1. The molecule has 0 fully saturated rings. The van der Waals surface area contributed by atoms with Crippen molar-refractivity contribution in [3.63, 3.8) is 0 Å². The van der Waals surface area contributed by atoms with Crippen LogP contribution >= 0.6 is 0 Å². The van der Waals surface area contributed by atoms with Crippen LogP contribution in [-0.2, 0) is 14.3 Å². The molecule has 0 saturated heterocycles. The fourth-order valence-electron chi connectivity index (χ4n) is 2.19. The van der Waals surface area contributed by atoms with Gasteiger partial charge in [0.2, 0.25) is 0 Å². The maximum Gasteiger partial charge on any atom is 0.338 e. The number of hydrogen-bond donors (Lipinski definition) is 2. The van der Waals surface area contributed by atoms with Gasteiger partial charge in [-0.1, -0.05) is 12.1 Å². The predicted molar refractivity (Wildman–Crippen MR) is 94.0 cm³/mol. The zero-order valence-corrected chi connectivity index (χ0v) is 14.4. The number of esters is 1. The molecule has 7 heteroatoms. The number of ether oxygens (including phenoxy) is 1. The van der Waals surface area contributed by atoms with E-state index in [1.165, 1.54) is 48.5 Å². The third-order valence-electron chi connectivity index (χ3n) is 3.58. The van der Waals surface area contributed by atoms with Crippen molar-refractivity contribution in [1.82, 2.24) is 5.32 Å². The largest absolute Gasteiger partial charge is 0.462 e. The number of nitrogens with one attached hydrogen (secondary N) is 2. The smallest absolute Gasteiger partial charge is 0.338 e. The lowest BCUT2D eigenvalue weighted by Crippen LogP contribution is -2.36. The van der Waals surface area contributed by atoms with Gasteiger partial charge in [0, 0.05) is 5.69 Å². The highest BCUT2D eigenvalue weighted by molar-refractivity contribution is 6.39. The Labute approximate surface area is 150 Å². The first kappa shape index (κ1) is 19.1. The number of benzene rings is 2. The van der Waals surface area contributed by atoms with Crippen LogP contribution in [0.4, 0.5) is 10.1 Å². The van der Waals surface area contributed by atoms with Gasteiger partial charge < -0.3 is 15.4 Å². The summed E-state index contributed by atoms with van der Waals surface area (Å²) < 4.78 is 17.8. The van der Waals surface area contributed by atoms with Gasteiger partial charge in [-0.25, -0.2) is 9.18 Å². The quantitative estimate of drug-likeness (QED) is 0.636. The van der Waals surface area contributed by atoms with E-state index in [2.05, 4.69) is 10.6 Å². The van der Waals surface area contributed by atoms with E-state index in [4.69, 9.17) is 4.74 Å². The third-order valence-corrected chi connectivity index (χ3v) is 3.58. The second kappa shape index (κ2) is 8.75. The van der Waals surface area contributed by atoms with Gasteiger partial charge in [0.25, 0.3) is 0 Å². The maximum absolute atomic E-state index is 12.9. The highest BCUT2D eigenvalue weighted by atomic mass is 19.1. The molecule has 0 aromatic heterocycles. The standard InChI is InChI=1S/C19H19FN2O4/c1-3-26-19(25)14-6-10-16(11-7-14)22-18(24)17(23)21-12(2)13-4-8-15(20)9-5-13/h4-12H,3H2,1-2H3,(H,21,23)(H,22,24)/t12-/m0/s1. The van der Waals surface area contributed by atoms with Crippen LogP contribution < -0.4 is 10.6 Å². The highest BCUT2D eigenvalue weighted by Gasteiger charge is 2.17. The van der Waals surface area contributed by atoms with Crippen molar-refractivity contribution in [2.24, 2.45) is 0 Å². The molecule has 0 aliphatic heterocycles. The molecule has 2 aromatic carbocycles. The zero-order chi connectivity index (χ0) is 19.1. The molecule has 0 radical (unpaired) electrons. The van der Waals surface area contributed by atoms with Gasteiger partial charge in [-0.3, -0.25) is 9.59 Å². The summed E-state index contributed by atoms with van der Waals surface area (Å²) >= 11 is 0. The van der Waals surface area contributed by atoms with E-state index in [1.54, 1.807) is 13.8 Å². The Morgan fingerprint density at radius 3 is 2.19 bits per heavy atom. The van der Waals surface area contributed by atoms with Crippen LogP contribution in [-0.4, -0.2) is 24.4 Å². The molecule has 2 rings (SSSR count). The molecular formula is C19H19FN2O4. The van der Waals surface area contributed by atoms with Crippen LogP contribution in [0.15, 0.2) is 48.5 Å². The Morgan fingerprint density at radius 2 is 1.62 bits per heavy atom. The number of hydrogen-bond acceptors (Lipinski definition) is 4. The summed E-state index contributed by atoms with van der Waals surface area (Å²) in [5.41, 5.74) is 1.39. The van der Waals surface area contributed by atoms with E-state index < -0.39 is 23.8 Å². The Balaban J connectivity index is 1.93. The molecule has 0 aliphatic rings. The third kappa shape index (κ3) is 5.14. The molecule has 6 nitrogen and oxygen atoms in total. The zero-order valence-electron chi connectivity index (χ0n) is 14.4. The average Bonchev–Trinajstić information content (AvgIpc) is 2.63. The first-order valence-electron chi connectivity index (χ1n) is 8.05. The van der Waals surface area contributed by atoms with Crippen LogP contribution in [0.1, 0.15) is 35.8 Å². The summed E-state index contributed by atoms with van der Waals surface area (Å²) in [7, 11) is 0. The van der Waals surface area contributed by atoms with E-state index in [9.17, 15) is 18.8 Å². The van der Waals surface area contributed by atoms with E-state index in [0.29, 0.717) is 16.8 Å². The molecule has 136 valence electrons. The van der Waals surface area contributed by atoms with Gasteiger partial charge in [-0.2, -0.15) is 0 Å². The normalized spacial score (nSPS) is 11.3. The molecular weight excluding hydrogens is 339 g/mol. The van der Waals surface area contributed by atoms with E-state index >= 15 is 0 Å². The van der Waals surface area contributed by atoms with Crippen LogP contribution in [0.3, 0.4) is 0 Å². The Kier molecular flexibility index (Phi) is 6.43. The summed E-state index contributed by atoms with van der Waals surface area (Å²) in [6.07, 6.45) is 0. The molecule has 2 N–H and O–H groups in total. The maximum atomic E-state index is 12.9. The van der Waals surface area contributed by atoms with Crippen molar-refractivity contribution in [2.75, 3.05) is 11.9 Å². The van der Waals surface area contributed by atoms with Crippen LogP contribution in [0.2, 0.25) is 0 Å². The summed E-state index contributed by atoms with van der Waals surface area (Å²) in [5, 5.41) is 4.98. The molecule has 0 spiro atoms. The number of amides is 2. The number of anilines is 1. The van der Waals surface area contributed by atoms with Crippen LogP contribution in [0.25, 0.3) is 0 Å². The van der Waals surface area contributed by atoms with Crippen LogP contribution in [0, 0.1) is 5.82 Å². The molecule has 0 aliphatic carbocycles. The second-order valence-corrected chi connectivity index (χ2v) is 5.50. The molecule has 0 heterocycles. The van der Waals surface area contributed by atoms with Crippen molar-refractivity contribution in [1.29, 1.82) is 0 Å². The molecule has 2 amide bonds. The lowest BCUT2D eigenvalue weighted by atomic mass is 10.1. The van der Waals surface area contributed by atoms with Gasteiger partial charge in [0.1, 0.15) is 5.82 Å². The fourth-order valence-corrected chi connectivity index (χ4v) is 2.19. The number of carbonyl (C=O) groups is 3. The predicted octanol–water partition coefficient (Wildman–Crippen LogP) is 2.82. The van der Waals surface area contributed by atoms with E-state index in [0.717, 1.165) is 0 Å². The van der Waals surface area contributed by atoms with Crippen molar-refractivity contribution in [2.45, 2.75) is 19.9 Å². The van der Waals surface area contributed by atoms with Gasteiger partial charge in [0.05, 0.1) is 18.2 Å². The number of carbonyl (C=O) groups excluding carboxylic acids is 3. The van der Waals surface area contributed by atoms with Gasteiger partial charge in [-0.15, -0.1) is 0 Å². The van der Waals surface area contributed by atoms with Crippen molar-refractivity contribution in [3.8, 4) is 0 Å². The van der Waals surface area contributed by atoms with Crippen molar-refractivity contribution in [3.05, 3.63) is 65.5 Å². The Morgan fingerprint density at radius 1 is 1.00 bits per heavy atom. The lowest BCUT2D eigenvalue weighted by Gasteiger charge is -2.14. The first-order valence-corrected chi connectivity index (χ1v) is 8.05. The minimum absolute atomic E-state index is 0.268. The lowest BCUT2D eigenvalue weighted by molar-refractivity contribution is -0.136. The molecule has 26 heavy (non-hydrogen) atoms. The molecule has 0 saturated carbocycles. The van der Waals surface area contributed by atoms with Crippen molar-refractivity contribution < 1.29 is 23.5 Å². The molecule has 2 aromatic rings. The first-order chi connectivity index (χ1) is 12.4. The summed E-state index contributed by atoms with van der Waals surface area (Å²) in [5.74, 6) is -2.51. The van der Waals surface area contributed by atoms with E-state index in [-0.39, 0.29) is 12.4 Å². The molecule has 0 bridgehead atoms. The van der Waals surface area contributed by atoms with Gasteiger partial charge in [-0.05, 0) is 55.8 Å². The second-order valence-electron chi connectivity index (χ2n) is 5.50. The van der Waals surface area contributed by atoms with Gasteiger partial charge in [0.15, 0.2) is 0 Å². The average molecular weight is 358 g/mol. The number of rotatable bonds is 5. The molecule has 1 atom stereocenters. The van der Waals surface area contributed by atoms with E-state index in [1.807, 2.05) is 0 Å². The van der Waals surface area contributed by atoms with Crippen LogP contribution in [0.5, 0.6) is 0 Å². The Hall–Kier alpha value is -3.22. The number of halogens is 1. The monoisotopic (exact) mass is 358 g/mol. The topological polar surface area (TPSA) is 84.5 Å². The highest BCUT2D eigenvalue weighted by Crippen LogP contribution is 2.13. The summed E-state index contributed by atoms with van der Waals surface area (Å²) in [4.78, 5) is 35.5.